The Balaban J connectivity index is 2.63. The Bertz CT molecular complexity index is 281. The molecule has 0 unspecified atom stereocenters. The summed E-state index contributed by atoms with van der Waals surface area (Å²) in [5.41, 5.74) is 1.12. The molecule has 0 aliphatic rings. The van der Waals surface area contributed by atoms with Gasteiger partial charge in [0.2, 0.25) is 5.95 Å². The lowest BCUT2D eigenvalue weighted by Gasteiger charge is -2.21. The minimum Gasteiger partial charge on any atom is -0.341 e. The first-order valence-electron chi connectivity index (χ1n) is 5.39. The van der Waals surface area contributed by atoms with Gasteiger partial charge in [0.15, 0.2) is 0 Å². The summed E-state index contributed by atoms with van der Waals surface area (Å²) in [6, 6.07) is 0.421. The molecule has 15 heavy (non-hydrogen) atoms. The Labute approximate surface area is 91.7 Å². The zero-order valence-corrected chi connectivity index (χ0v) is 9.99. The highest BCUT2D eigenvalue weighted by atomic mass is 15.2. The predicted octanol–water partition coefficient (Wildman–Crippen LogP) is 1.43. The van der Waals surface area contributed by atoms with Gasteiger partial charge in [0.05, 0.1) is 0 Å². The van der Waals surface area contributed by atoms with Crippen LogP contribution >= 0.6 is 0 Å². The number of nitrogens with zero attached hydrogens (tertiary/aromatic N) is 3. The molecule has 0 saturated carbocycles. The topological polar surface area (TPSA) is 41.1 Å². The number of hydrogen-bond donors (Lipinski definition) is 1. The molecule has 1 rings (SSSR count). The Morgan fingerprint density at radius 1 is 1.33 bits per heavy atom. The summed E-state index contributed by atoms with van der Waals surface area (Å²) < 4.78 is 0. The number of rotatable bonds is 5. The van der Waals surface area contributed by atoms with Crippen molar-refractivity contribution in [1.82, 2.24) is 15.3 Å². The third-order valence-corrected chi connectivity index (χ3v) is 2.36. The van der Waals surface area contributed by atoms with Crippen molar-refractivity contribution >= 4 is 5.95 Å². The Morgan fingerprint density at radius 2 is 1.93 bits per heavy atom. The molecule has 1 heterocycles. The summed E-state index contributed by atoms with van der Waals surface area (Å²) in [4.78, 5) is 10.7. The average Bonchev–Trinajstić information content (AvgIpc) is 2.26. The van der Waals surface area contributed by atoms with Crippen LogP contribution < -0.4 is 10.2 Å². The molecule has 0 amide bonds. The summed E-state index contributed by atoms with van der Waals surface area (Å²) in [7, 11) is 2.00. The SMILES string of the molecule is CCNCc1cnc(N(C)C(C)C)nc1. The molecule has 1 aromatic rings. The van der Waals surface area contributed by atoms with Gasteiger partial charge in [-0.1, -0.05) is 6.92 Å². The minimum absolute atomic E-state index is 0.421. The van der Waals surface area contributed by atoms with Crippen LogP contribution in [-0.2, 0) is 6.54 Å². The van der Waals surface area contributed by atoms with Crippen LogP contribution in [0.15, 0.2) is 12.4 Å². The van der Waals surface area contributed by atoms with Gasteiger partial charge in [0.25, 0.3) is 0 Å². The summed E-state index contributed by atoms with van der Waals surface area (Å²) in [6.45, 7) is 8.13. The molecule has 0 bridgehead atoms. The van der Waals surface area contributed by atoms with Gasteiger partial charge in [-0.25, -0.2) is 9.97 Å². The maximum atomic E-state index is 4.33. The standard InChI is InChI=1S/C11H20N4/c1-5-12-6-10-7-13-11(14-8-10)15(4)9(2)3/h7-9,12H,5-6H2,1-4H3. The molecule has 84 valence electrons. The lowest BCUT2D eigenvalue weighted by Crippen LogP contribution is -2.27. The van der Waals surface area contributed by atoms with E-state index in [1.54, 1.807) is 0 Å². The molecule has 0 aliphatic heterocycles. The van der Waals surface area contributed by atoms with Gasteiger partial charge in [-0.15, -0.1) is 0 Å². The Morgan fingerprint density at radius 3 is 2.40 bits per heavy atom. The second-order valence-electron chi connectivity index (χ2n) is 3.88. The van der Waals surface area contributed by atoms with Crippen LogP contribution in [0.1, 0.15) is 26.3 Å². The lowest BCUT2D eigenvalue weighted by atomic mass is 10.3. The normalized spacial score (nSPS) is 10.7. The van der Waals surface area contributed by atoms with E-state index in [0.29, 0.717) is 6.04 Å². The van der Waals surface area contributed by atoms with Gasteiger partial charge in [0, 0.05) is 37.6 Å². The van der Waals surface area contributed by atoms with Crippen molar-refractivity contribution in [2.45, 2.75) is 33.4 Å². The van der Waals surface area contributed by atoms with E-state index in [9.17, 15) is 0 Å². The Hall–Kier alpha value is -1.16. The van der Waals surface area contributed by atoms with Crippen LogP contribution in [0.5, 0.6) is 0 Å². The van der Waals surface area contributed by atoms with Crippen LogP contribution in [0.2, 0.25) is 0 Å². The molecule has 0 saturated heterocycles. The van der Waals surface area contributed by atoms with Gasteiger partial charge >= 0.3 is 0 Å². The molecule has 0 aliphatic carbocycles. The smallest absolute Gasteiger partial charge is 0.225 e. The van der Waals surface area contributed by atoms with E-state index < -0.39 is 0 Å². The summed E-state index contributed by atoms with van der Waals surface area (Å²) in [6.07, 6.45) is 3.76. The van der Waals surface area contributed by atoms with Crippen molar-refractivity contribution in [2.24, 2.45) is 0 Å². The van der Waals surface area contributed by atoms with Gasteiger partial charge < -0.3 is 10.2 Å². The highest BCUT2D eigenvalue weighted by Crippen LogP contribution is 2.07. The van der Waals surface area contributed by atoms with E-state index >= 15 is 0 Å². The number of nitrogens with one attached hydrogen (secondary N) is 1. The van der Waals surface area contributed by atoms with Crippen molar-refractivity contribution in [3.63, 3.8) is 0 Å². The van der Waals surface area contributed by atoms with Crippen molar-refractivity contribution in [2.75, 3.05) is 18.5 Å². The molecule has 0 radical (unpaired) electrons. The monoisotopic (exact) mass is 208 g/mol. The maximum absolute atomic E-state index is 4.33. The minimum atomic E-state index is 0.421. The zero-order chi connectivity index (χ0) is 11.3. The lowest BCUT2D eigenvalue weighted by molar-refractivity contribution is 0.708. The Kier molecular flexibility index (Phi) is 4.49. The fourth-order valence-corrected chi connectivity index (χ4v) is 1.12. The fourth-order valence-electron chi connectivity index (χ4n) is 1.12. The first-order chi connectivity index (χ1) is 7.15. The van der Waals surface area contributed by atoms with Crippen LogP contribution in [0, 0.1) is 0 Å². The van der Waals surface area contributed by atoms with E-state index in [1.165, 1.54) is 0 Å². The number of aromatic nitrogens is 2. The molecule has 4 heteroatoms. The van der Waals surface area contributed by atoms with Crippen LogP contribution in [0.3, 0.4) is 0 Å². The third kappa shape index (κ3) is 3.47. The average molecular weight is 208 g/mol. The van der Waals surface area contributed by atoms with Crippen LogP contribution in [-0.4, -0.2) is 29.6 Å². The molecule has 0 aromatic carbocycles. The zero-order valence-electron chi connectivity index (χ0n) is 9.99. The van der Waals surface area contributed by atoms with Crippen molar-refractivity contribution in [1.29, 1.82) is 0 Å². The van der Waals surface area contributed by atoms with E-state index in [4.69, 9.17) is 0 Å². The molecule has 1 aromatic heterocycles. The molecular weight excluding hydrogens is 188 g/mol. The van der Waals surface area contributed by atoms with Crippen molar-refractivity contribution < 1.29 is 0 Å². The first kappa shape index (κ1) is 11.9. The van der Waals surface area contributed by atoms with Crippen molar-refractivity contribution in [3.05, 3.63) is 18.0 Å². The van der Waals surface area contributed by atoms with E-state index in [0.717, 1.165) is 24.6 Å². The van der Waals surface area contributed by atoms with E-state index in [1.807, 2.05) is 19.4 Å². The third-order valence-electron chi connectivity index (χ3n) is 2.36. The molecule has 0 atom stereocenters. The second kappa shape index (κ2) is 5.66. The summed E-state index contributed by atoms with van der Waals surface area (Å²) >= 11 is 0. The van der Waals surface area contributed by atoms with Gasteiger partial charge in [-0.05, 0) is 20.4 Å². The van der Waals surface area contributed by atoms with Gasteiger partial charge in [0.1, 0.15) is 0 Å². The number of hydrogen-bond acceptors (Lipinski definition) is 4. The maximum Gasteiger partial charge on any atom is 0.225 e. The van der Waals surface area contributed by atoms with Crippen LogP contribution in [0.4, 0.5) is 5.95 Å². The molecule has 0 fully saturated rings. The van der Waals surface area contributed by atoms with Gasteiger partial charge in [-0.3, -0.25) is 0 Å². The molecular formula is C11H20N4. The molecule has 4 nitrogen and oxygen atoms in total. The summed E-state index contributed by atoms with van der Waals surface area (Å²) in [5.74, 6) is 0.783. The fraction of sp³-hybridized carbons (Fsp3) is 0.636. The highest BCUT2D eigenvalue weighted by molar-refractivity contribution is 5.29. The predicted molar refractivity (Wildman–Crippen MR) is 63.0 cm³/mol. The first-order valence-corrected chi connectivity index (χ1v) is 5.39. The largest absolute Gasteiger partial charge is 0.341 e. The quantitative estimate of drug-likeness (QED) is 0.794. The van der Waals surface area contributed by atoms with E-state index in [-0.39, 0.29) is 0 Å². The van der Waals surface area contributed by atoms with Crippen LogP contribution in [0.25, 0.3) is 0 Å². The van der Waals surface area contributed by atoms with Gasteiger partial charge in [-0.2, -0.15) is 0 Å². The van der Waals surface area contributed by atoms with Crippen molar-refractivity contribution in [3.8, 4) is 0 Å². The second-order valence-corrected chi connectivity index (χ2v) is 3.88. The summed E-state index contributed by atoms with van der Waals surface area (Å²) in [5, 5.41) is 3.24. The molecule has 1 N–H and O–H groups in total. The van der Waals surface area contributed by atoms with E-state index in [2.05, 4.69) is 41.0 Å². The number of anilines is 1. The molecule has 0 spiro atoms. The highest BCUT2D eigenvalue weighted by Gasteiger charge is 2.06.